The van der Waals surface area contributed by atoms with E-state index in [2.05, 4.69) is 5.32 Å². The van der Waals surface area contributed by atoms with Crippen molar-refractivity contribution in [2.75, 3.05) is 20.1 Å². The lowest BCUT2D eigenvalue weighted by atomic mass is 9.78. The van der Waals surface area contributed by atoms with Crippen LogP contribution in [-0.2, 0) is 0 Å². The number of hydrogen-bond donors (Lipinski definition) is 2. The first-order valence-electron chi connectivity index (χ1n) is 8.44. The van der Waals surface area contributed by atoms with Crippen LogP contribution in [-0.4, -0.2) is 37.1 Å². The van der Waals surface area contributed by atoms with Crippen LogP contribution in [0.3, 0.4) is 0 Å². The molecular formula is C16H31N3O. The summed E-state index contributed by atoms with van der Waals surface area (Å²) in [5.74, 6) is 1.32. The molecule has 1 saturated heterocycles. The number of hydrogen-bond acceptors (Lipinski definition) is 2. The van der Waals surface area contributed by atoms with Gasteiger partial charge in [-0.25, -0.2) is 4.79 Å². The molecule has 2 atom stereocenters. The van der Waals surface area contributed by atoms with Gasteiger partial charge in [0.15, 0.2) is 0 Å². The Bertz CT molecular complexity index is 302. The third-order valence-electron chi connectivity index (χ3n) is 5.23. The van der Waals surface area contributed by atoms with Gasteiger partial charge in [-0.15, -0.1) is 0 Å². The van der Waals surface area contributed by atoms with Crippen LogP contribution in [0, 0.1) is 11.8 Å². The summed E-state index contributed by atoms with van der Waals surface area (Å²) in [5.41, 5.74) is 6.07. The van der Waals surface area contributed by atoms with E-state index in [0.29, 0.717) is 18.5 Å². The number of amides is 2. The van der Waals surface area contributed by atoms with Gasteiger partial charge in [-0.05, 0) is 44.1 Å². The highest BCUT2D eigenvalue weighted by Crippen LogP contribution is 2.33. The normalized spacial score (nSPS) is 26.3. The summed E-state index contributed by atoms with van der Waals surface area (Å²) in [6, 6.07) is 0.437. The molecule has 2 amide bonds. The van der Waals surface area contributed by atoms with Gasteiger partial charge in [-0.2, -0.15) is 0 Å². The summed E-state index contributed by atoms with van der Waals surface area (Å²) in [7, 11) is 1.73. The highest BCUT2D eigenvalue weighted by atomic mass is 16.2. The first kappa shape index (κ1) is 15.6. The first-order valence-corrected chi connectivity index (χ1v) is 8.44. The maximum Gasteiger partial charge on any atom is 0.317 e. The molecule has 2 aliphatic rings. The fourth-order valence-electron chi connectivity index (χ4n) is 4.10. The lowest BCUT2D eigenvalue weighted by Crippen LogP contribution is -2.52. The maximum atomic E-state index is 12.1. The molecule has 0 bridgehead atoms. The van der Waals surface area contributed by atoms with Gasteiger partial charge in [0.25, 0.3) is 0 Å². The van der Waals surface area contributed by atoms with E-state index in [0.717, 1.165) is 25.3 Å². The largest absolute Gasteiger partial charge is 0.341 e. The Hall–Kier alpha value is -0.770. The van der Waals surface area contributed by atoms with E-state index in [1.54, 1.807) is 7.05 Å². The molecule has 1 saturated carbocycles. The molecule has 0 aromatic carbocycles. The Morgan fingerprint density at radius 3 is 2.55 bits per heavy atom. The molecule has 1 heterocycles. The number of nitrogens with one attached hydrogen (secondary N) is 1. The van der Waals surface area contributed by atoms with E-state index in [1.807, 2.05) is 4.90 Å². The predicted octanol–water partition coefficient (Wildman–Crippen LogP) is 2.73. The van der Waals surface area contributed by atoms with E-state index in [4.69, 9.17) is 5.73 Å². The predicted molar refractivity (Wildman–Crippen MR) is 82.5 cm³/mol. The van der Waals surface area contributed by atoms with Crippen molar-refractivity contribution in [1.82, 2.24) is 10.2 Å². The lowest BCUT2D eigenvalue weighted by molar-refractivity contribution is 0.107. The van der Waals surface area contributed by atoms with Crippen LogP contribution in [0.5, 0.6) is 0 Å². The smallest absolute Gasteiger partial charge is 0.317 e. The quantitative estimate of drug-likeness (QED) is 0.832. The van der Waals surface area contributed by atoms with Crippen molar-refractivity contribution in [1.29, 1.82) is 0 Å². The minimum absolute atomic E-state index is 0.0804. The van der Waals surface area contributed by atoms with E-state index >= 15 is 0 Å². The summed E-state index contributed by atoms with van der Waals surface area (Å²) in [6.07, 6.45) is 11.6. The van der Waals surface area contributed by atoms with Gasteiger partial charge < -0.3 is 16.0 Å². The van der Waals surface area contributed by atoms with Crippen LogP contribution >= 0.6 is 0 Å². The highest BCUT2D eigenvalue weighted by molar-refractivity contribution is 5.74. The first-order chi connectivity index (χ1) is 9.76. The molecule has 116 valence electrons. The van der Waals surface area contributed by atoms with Crippen LogP contribution < -0.4 is 11.1 Å². The molecule has 20 heavy (non-hydrogen) atoms. The number of rotatable bonds is 4. The molecule has 3 N–H and O–H groups in total. The van der Waals surface area contributed by atoms with Gasteiger partial charge in [0.1, 0.15) is 0 Å². The second-order valence-electron chi connectivity index (χ2n) is 6.55. The molecule has 4 nitrogen and oxygen atoms in total. The third-order valence-corrected chi connectivity index (χ3v) is 5.23. The van der Waals surface area contributed by atoms with Crippen LogP contribution in [0.2, 0.25) is 0 Å². The van der Waals surface area contributed by atoms with Gasteiger partial charge in [0.2, 0.25) is 0 Å². The van der Waals surface area contributed by atoms with Crippen LogP contribution in [0.4, 0.5) is 4.79 Å². The van der Waals surface area contributed by atoms with Crippen molar-refractivity contribution in [2.45, 2.75) is 63.8 Å². The molecular weight excluding hydrogens is 250 g/mol. The minimum atomic E-state index is 0.0804. The van der Waals surface area contributed by atoms with Crippen molar-refractivity contribution in [3.63, 3.8) is 0 Å². The van der Waals surface area contributed by atoms with E-state index in [1.165, 1.54) is 44.9 Å². The second-order valence-corrected chi connectivity index (χ2v) is 6.55. The Kier molecular flexibility index (Phi) is 6.14. The molecule has 0 aromatic heterocycles. The SMILES string of the molecule is CNC(=O)N1CCCCC1C(CN)CC1CCCCC1. The Morgan fingerprint density at radius 2 is 1.90 bits per heavy atom. The van der Waals surface area contributed by atoms with Crippen molar-refractivity contribution < 1.29 is 4.79 Å². The summed E-state index contributed by atoms with van der Waals surface area (Å²) < 4.78 is 0. The average molecular weight is 281 g/mol. The van der Waals surface area contributed by atoms with Gasteiger partial charge >= 0.3 is 6.03 Å². The highest BCUT2D eigenvalue weighted by Gasteiger charge is 2.33. The van der Waals surface area contributed by atoms with Crippen LogP contribution in [0.1, 0.15) is 57.8 Å². The molecule has 2 fully saturated rings. The zero-order chi connectivity index (χ0) is 14.4. The number of nitrogens with zero attached hydrogens (tertiary/aromatic N) is 1. The molecule has 2 rings (SSSR count). The molecule has 0 spiro atoms. The van der Waals surface area contributed by atoms with Crippen molar-refractivity contribution in [3.05, 3.63) is 0 Å². The zero-order valence-electron chi connectivity index (χ0n) is 12.9. The van der Waals surface area contributed by atoms with Crippen molar-refractivity contribution in [3.8, 4) is 0 Å². The van der Waals surface area contributed by atoms with Crippen molar-refractivity contribution >= 4 is 6.03 Å². The van der Waals surface area contributed by atoms with E-state index in [9.17, 15) is 4.79 Å². The number of carbonyl (C=O) groups excluding carboxylic acids is 1. The van der Waals surface area contributed by atoms with Crippen LogP contribution in [0.25, 0.3) is 0 Å². The van der Waals surface area contributed by atoms with Gasteiger partial charge in [0, 0.05) is 19.6 Å². The fraction of sp³-hybridized carbons (Fsp3) is 0.938. The molecule has 0 radical (unpaired) electrons. The van der Waals surface area contributed by atoms with Crippen LogP contribution in [0.15, 0.2) is 0 Å². The fourth-order valence-corrected chi connectivity index (χ4v) is 4.10. The molecule has 2 unspecified atom stereocenters. The standard InChI is InChI=1S/C16H31N3O/c1-18-16(20)19-10-6-5-9-15(19)14(12-17)11-13-7-3-2-4-8-13/h13-15H,2-12,17H2,1H3,(H,18,20). The summed E-state index contributed by atoms with van der Waals surface area (Å²) >= 11 is 0. The number of carbonyl (C=O) groups is 1. The van der Waals surface area contributed by atoms with E-state index < -0.39 is 0 Å². The Labute approximate surface area is 123 Å². The molecule has 1 aliphatic heterocycles. The second kappa shape index (κ2) is 7.87. The molecule has 4 heteroatoms. The number of urea groups is 1. The summed E-state index contributed by atoms with van der Waals surface area (Å²) in [4.78, 5) is 14.1. The van der Waals surface area contributed by atoms with Crippen molar-refractivity contribution in [2.24, 2.45) is 17.6 Å². The zero-order valence-corrected chi connectivity index (χ0v) is 12.9. The number of likely N-dealkylation sites (tertiary alicyclic amines) is 1. The van der Waals surface area contributed by atoms with Gasteiger partial charge in [-0.1, -0.05) is 32.1 Å². The summed E-state index contributed by atoms with van der Waals surface area (Å²) in [6.45, 7) is 1.61. The number of nitrogens with two attached hydrogens (primary N) is 1. The van der Waals surface area contributed by atoms with E-state index in [-0.39, 0.29) is 6.03 Å². The van der Waals surface area contributed by atoms with Gasteiger partial charge in [-0.3, -0.25) is 0 Å². The summed E-state index contributed by atoms with van der Waals surface area (Å²) in [5, 5.41) is 2.79. The average Bonchev–Trinajstić information content (AvgIpc) is 2.53. The monoisotopic (exact) mass is 281 g/mol. The lowest BCUT2D eigenvalue weighted by Gasteiger charge is -2.41. The Morgan fingerprint density at radius 1 is 1.20 bits per heavy atom. The molecule has 1 aliphatic carbocycles. The third kappa shape index (κ3) is 3.87. The topological polar surface area (TPSA) is 58.4 Å². The molecule has 0 aromatic rings. The number of piperidine rings is 1. The minimum Gasteiger partial charge on any atom is -0.341 e. The Balaban J connectivity index is 1.97. The van der Waals surface area contributed by atoms with Gasteiger partial charge in [0.05, 0.1) is 0 Å². The maximum absolute atomic E-state index is 12.1.